The summed E-state index contributed by atoms with van der Waals surface area (Å²) in [7, 11) is 1.19. The van der Waals surface area contributed by atoms with Gasteiger partial charge in [-0.1, -0.05) is 12.1 Å². The van der Waals surface area contributed by atoms with Crippen molar-refractivity contribution in [3.63, 3.8) is 0 Å². The monoisotopic (exact) mass is 229 g/mol. The zero-order valence-electron chi connectivity index (χ0n) is 9.09. The van der Waals surface area contributed by atoms with E-state index in [0.717, 1.165) is 0 Å². The van der Waals surface area contributed by atoms with E-state index >= 15 is 0 Å². The minimum absolute atomic E-state index is 0.0704. The molecule has 1 atom stereocenters. The SMILES string of the molecule is COC(=O)C(N)Cc1ccc(C)c(F)c1F. The number of nitrogens with two attached hydrogens (primary N) is 1. The van der Waals surface area contributed by atoms with Gasteiger partial charge in [-0.25, -0.2) is 8.78 Å². The van der Waals surface area contributed by atoms with Crippen molar-refractivity contribution >= 4 is 5.97 Å². The third-order valence-electron chi connectivity index (χ3n) is 2.30. The maximum atomic E-state index is 13.4. The third-order valence-corrected chi connectivity index (χ3v) is 2.30. The van der Waals surface area contributed by atoms with Crippen LogP contribution in [0.4, 0.5) is 8.78 Å². The van der Waals surface area contributed by atoms with E-state index in [4.69, 9.17) is 5.73 Å². The molecule has 3 nitrogen and oxygen atoms in total. The number of halogens is 2. The van der Waals surface area contributed by atoms with Crippen LogP contribution in [0.25, 0.3) is 0 Å². The van der Waals surface area contributed by atoms with Crippen molar-refractivity contribution in [1.29, 1.82) is 0 Å². The van der Waals surface area contributed by atoms with Crippen LogP contribution in [-0.4, -0.2) is 19.1 Å². The summed E-state index contributed by atoms with van der Waals surface area (Å²) in [5, 5.41) is 0. The van der Waals surface area contributed by atoms with Crippen LogP contribution >= 0.6 is 0 Å². The van der Waals surface area contributed by atoms with Crippen molar-refractivity contribution in [2.75, 3.05) is 7.11 Å². The normalized spacial score (nSPS) is 12.3. The van der Waals surface area contributed by atoms with Crippen LogP contribution in [0.2, 0.25) is 0 Å². The van der Waals surface area contributed by atoms with Gasteiger partial charge in [-0.05, 0) is 18.1 Å². The molecule has 1 aromatic carbocycles. The molecule has 0 saturated heterocycles. The molecule has 0 aliphatic rings. The maximum absolute atomic E-state index is 13.4. The molecule has 0 aliphatic heterocycles. The Kier molecular flexibility index (Phi) is 3.95. The fraction of sp³-hybridized carbons (Fsp3) is 0.364. The van der Waals surface area contributed by atoms with Gasteiger partial charge in [-0.3, -0.25) is 4.79 Å². The van der Waals surface area contributed by atoms with Crippen molar-refractivity contribution in [1.82, 2.24) is 0 Å². The van der Waals surface area contributed by atoms with E-state index in [2.05, 4.69) is 4.74 Å². The number of methoxy groups -OCH3 is 1. The quantitative estimate of drug-likeness (QED) is 0.795. The Balaban J connectivity index is 2.90. The van der Waals surface area contributed by atoms with Gasteiger partial charge in [0, 0.05) is 6.42 Å². The van der Waals surface area contributed by atoms with Crippen LogP contribution in [0.3, 0.4) is 0 Å². The predicted molar refractivity (Wildman–Crippen MR) is 54.8 cm³/mol. The first-order valence-corrected chi connectivity index (χ1v) is 4.74. The average Bonchev–Trinajstić information content (AvgIpc) is 2.28. The van der Waals surface area contributed by atoms with Crippen LogP contribution < -0.4 is 5.73 Å². The number of carbonyl (C=O) groups excluding carboxylic acids is 1. The lowest BCUT2D eigenvalue weighted by Gasteiger charge is -2.10. The molecule has 0 spiro atoms. The molecule has 16 heavy (non-hydrogen) atoms. The van der Waals surface area contributed by atoms with Crippen LogP contribution in [0.5, 0.6) is 0 Å². The van der Waals surface area contributed by atoms with Gasteiger partial charge in [0.2, 0.25) is 0 Å². The van der Waals surface area contributed by atoms with Gasteiger partial charge in [0.05, 0.1) is 7.11 Å². The van der Waals surface area contributed by atoms with E-state index in [1.165, 1.54) is 26.2 Å². The smallest absolute Gasteiger partial charge is 0.322 e. The van der Waals surface area contributed by atoms with E-state index in [-0.39, 0.29) is 17.5 Å². The molecule has 88 valence electrons. The summed E-state index contributed by atoms with van der Waals surface area (Å²) in [6, 6.07) is 1.87. The van der Waals surface area contributed by atoms with Crippen molar-refractivity contribution in [2.45, 2.75) is 19.4 Å². The van der Waals surface area contributed by atoms with Crippen LogP contribution in [0.1, 0.15) is 11.1 Å². The maximum Gasteiger partial charge on any atom is 0.322 e. The summed E-state index contributed by atoms with van der Waals surface area (Å²) in [6.07, 6.45) is -0.0876. The second kappa shape index (κ2) is 5.03. The molecular weight excluding hydrogens is 216 g/mol. The molecule has 0 aromatic heterocycles. The second-order valence-corrected chi connectivity index (χ2v) is 3.50. The molecule has 0 aliphatic carbocycles. The highest BCUT2D eigenvalue weighted by Crippen LogP contribution is 2.16. The number of carbonyl (C=O) groups is 1. The fourth-order valence-electron chi connectivity index (χ4n) is 1.32. The van der Waals surface area contributed by atoms with Gasteiger partial charge in [-0.2, -0.15) is 0 Å². The number of esters is 1. The van der Waals surface area contributed by atoms with Gasteiger partial charge in [-0.15, -0.1) is 0 Å². The lowest BCUT2D eigenvalue weighted by atomic mass is 10.0. The molecule has 1 rings (SSSR count). The first-order chi connectivity index (χ1) is 7.47. The molecule has 0 heterocycles. The summed E-state index contributed by atoms with van der Waals surface area (Å²) < 4.78 is 31.0. The third kappa shape index (κ3) is 2.55. The predicted octanol–water partition coefficient (Wildman–Crippen LogP) is 1.32. The van der Waals surface area contributed by atoms with E-state index in [1.54, 1.807) is 0 Å². The van der Waals surface area contributed by atoms with Crippen molar-refractivity contribution in [3.8, 4) is 0 Å². The van der Waals surface area contributed by atoms with E-state index in [9.17, 15) is 13.6 Å². The van der Waals surface area contributed by atoms with E-state index in [1.807, 2.05) is 0 Å². The first-order valence-electron chi connectivity index (χ1n) is 4.74. The molecule has 0 saturated carbocycles. The largest absolute Gasteiger partial charge is 0.468 e. The molecule has 0 radical (unpaired) electrons. The Bertz CT molecular complexity index is 407. The Labute approximate surface area is 92.2 Å². The molecule has 2 N–H and O–H groups in total. The molecular formula is C11H13F2NO2. The summed E-state index contributed by atoms with van der Waals surface area (Å²) in [5.41, 5.74) is 5.74. The van der Waals surface area contributed by atoms with Gasteiger partial charge in [0.1, 0.15) is 6.04 Å². The lowest BCUT2D eigenvalue weighted by Crippen LogP contribution is -2.34. The summed E-state index contributed by atoms with van der Waals surface area (Å²) in [4.78, 5) is 11.0. The Morgan fingerprint density at radius 1 is 1.44 bits per heavy atom. The number of hydrogen-bond donors (Lipinski definition) is 1. The van der Waals surface area contributed by atoms with E-state index in [0.29, 0.717) is 0 Å². The minimum Gasteiger partial charge on any atom is -0.468 e. The number of ether oxygens (including phenoxy) is 1. The van der Waals surface area contributed by atoms with Gasteiger partial charge in [0.25, 0.3) is 0 Å². The van der Waals surface area contributed by atoms with Crippen LogP contribution in [-0.2, 0) is 16.0 Å². The number of rotatable bonds is 3. The van der Waals surface area contributed by atoms with Crippen molar-refractivity contribution in [2.24, 2.45) is 5.73 Å². The first kappa shape index (κ1) is 12.6. The minimum atomic E-state index is -0.985. The molecule has 0 fully saturated rings. The van der Waals surface area contributed by atoms with Crippen molar-refractivity contribution in [3.05, 3.63) is 34.9 Å². The summed E-state index contributed by atoms with van der Waals surface area (Å²) >= 11 is 0. The number of benzene rings is 1. The molecule has 0 bridgehead atoms. The van der Waals surface area contributed by atoms with Gasteiger partial charge in [0.15, 0.2) is 11.6 Å². The fourth-order valence-corrected chi connectivity index (χ4v) is 1.32. The Hall–Kier alpha value is -1.49. The molecule has 1 unspecified atom stereocenters. The second-order valence-electron chi connectivity index (χ2n) is 3.50. The Morgan fingerprint density at radius 3 is 2.62 bits per heavy atom. The molecule has 0 amide bonds. The van der Waals surface area contributed by atoms with Crippen molar-refractivity contribution < 1.29 is 18.3 Å². The standard InChI is InChI=1S/C11H13F2NO2/c1-6-3-4-7(10(13)9(6)12)5-8(14)11(15)16-2/h3-4,8H,5,14H2,1-2H3. The lowest BCUT2D eigenvalue weighted by molar-refractivity contribution is -0.142. The highest BCUT2D eigenvalue weighted by atomic mass is 19.2. The van der Waals surface area contributed by atoms with E-state index < -0.39 is 23.6 Å². The topological polar surface area (TPSA) is 52.3 Å². The highest BCUT2D eigenvalue weighted by Gasteiger charge is 2.18. The Morgan fingerprint density at radius 2 is 2.06 bits per heavy atom. The molecule has 1 aromatic rings. The zero-order chi connectivity index (χ0) is 12.3. The number of hydrogen-bond acceptors (Lipinski definition) is 3. The summed E-state index contributed by atoms with van der Waals surface area (Å²) in [6.45, 7) is 1.46. The molecule has 5 heteroatoms. The van der Waals surface area contributed by atoms with Crippen LogP contribution in [0, 0.1) is 18.6 Å². The van der Waals surface area contributed by atoms with Gasteiger partial charge < -0.3 is 10.5 Å². The average molecular weight is 229 g/mol. The number of aryl methyl sites for hydroxylation is 1. The van der Waals surface area contributed by atoms with Crippen LogP contribution in [0.15, 0.2) is 12.1 Å². The highest BCUT2D eigenvalue weighted by molar-refractivity contribution is 5.75. The zero-order valence-corrected chi connectivity index (χ0v) is 9.09. The summed E-state index contributed by atoms with van der Waals surface area (Å²) in [5.74, 6) is -2.52. The van der Waals surface area contributed by atoms with Gasteiger partial charge >= 0.3 is 5.97 Å².